The van der Waals surface area contributed by atoms with Crippen molar-refractivity contribution in [2.45, 2.75) is 31.7 Å². The molecule has 2 saturated carbocycles. The van der Waals surface area contributed by atoms with Crippen LogP contribution in [0.2, 0.25) is 5.02 Å². The zero-order chi connectivity index (χ0) is 12.0. The summed E-state index contributed by atoms with van der Waals surface area (Å²) in [6.45, 7) is 0. The fourth-order valence-electron chi connectivity index (χ4n) is 2.38. The van der Waals surface area contributed by atoms with E-state index in [9.17, 15) is 0 Å². The maximum Gasteiger partial charge on any atom is 0.0632 e. The van der Waals surface area contributed by atoms with E-state index in [0.717, 1.165) is 31.5 Å². The van der Waals surface area contributed by atoms with Gasteiger partial charge in [-0.25, -0.2) is 0 Å². The second-order valence-electron chi connectivity index (χ2n) is 5.09. The van der Waals surface area contributed by atoms with Crippen molar-refractivity contribution in [2.24, 2.45) is 11.8 Å². The predicted octanol–water partition coefficient (Wildman–Crippen LogP) is 5.47. The fourth-order valence-corrected chi connectivity index (χ4v) is 4.28. The van der Waals surface area contributed by atoms with E-state index in [1.54, 1.807) is 0 Å². The molecule has 0 aliphatic heterocycles. The van der Waals surface area contributed by atoms with Crippen LogP contribution in [0.15, 0.2) is 21.1 Å². The van der Waals surface area contributed by atoms with E-state index in [-0.39, 0.29) is 0 Å². The molecule has 3 rings (SSSR count). The summed E-state index contributed by atoms with van der Waals surface area (Å²) in [5.74, 6) is 1.77. The Morgan fingerprint density at radius 2 is 1.53 bits per heavy atom. The zero-order valence-corrected chi connectivity index (χ0v) is 13.3. The molecule has 0 amide bonds. The summed E-state index contributed by atoms with van der Waals surface area (Å²) < 4.78 is 2.09. The number of nitrogens with one attached hydrogen (secondary N) is 1. The standard InChI is InChI=1S/C13H14Br2ClN/c14-10-5-9(16)6-11(15)13(10)17-12(7-1-2-7)8-3-4-8/h5-8,12,17H,1-4H2. The van der Waals surface area contributed by atoms with Crippen molar-refractivity contribution < 1.29 is 0 Å². The minimum Gasteiger partial charge on any atom is -0.380 e. The van der Waals surface area contributed by atoms with Gasteiger partial charge in [-0.2, -0.15) is 0 Å². The second-order valence-corrected chi connectivity index (χ2v) is 7.23. The molecule has 1 N–H and O–H groups in total. The molecule has 92 valence electrons. The average molecular weight is 380 g/mol. The first kappa shape index (κ1) is 12.3. The first-order valence-electron chi connectivity index (χ1n) is 6.06. The van der Waals surface area contributed by atoms with Gasteiger partial charge in [0.05, 0.1) is 5.69 Å². The molecular formula is C13H14Br2ClN. The summed E-state index contributed by atoms with van der Waals surface area (Å²) in [4.78, 5) is 0. The van der Waals surface area contributed by atoms with Crippen LogP contribution in [0.25, 0.3) is 0 Å². The third-order valence-corrected chi connectivity index (χ3v) is 5.05. The molecule has 0 saturated heterocycles. The quantitative estimate of drug-likeness (QED) is 0.732. The molecule has 0 atom stereocenters. The van der Waals surface area contributed by atoms with Crippen molar-refractivity contribution in [1.29, 1.82) is 0 Å². The molecule has 1 nitrogen and oxygen atoms in total. The van der Waals surface area contributed by atoms with Gasteiger partial charge >= 0.3 is 0 Å². The number of hydrogen-bond donors (Lipinski definition) is 1. The number of anilines is 1. The lowest BCUT2D eigenvalue weighted by molar-refractivity contribution is 0.567. The van der Waals surface area contributed by atoms with Crippen molar-refractivity contribution in [3.05, 3.63) is 26.1 Å². The van der Waals surface area contributed by atoms with Crippen LogP contribution in [0.3, 0.4) is 0 Å². The molecule has 0 unspecified atom stereocenters. The minimum atomic E-state index is 0.656. The Morgan fingerprint density at radius 3 is 1.94 bits per heavy atom. The van der Waals surface area contributed by atoms with Gasteiger partial charge in [0.25, 0.3) is 0 Å². The van der Waals surface area contributed by atoms with E-state index in [0.29, 0.717) is 6.04 Å². The number of hydrogen-bond acceptors (Lipinski definition) is 1. The van der Waals surface area contributed by atoms with Crippen LogP contribution in [0, 0.1) is 11.8 Å². The summed E-state index contributed by atoms with van der Waals surface area (Å²) in [5.41, 5.74) is 1.15. The van der Waals surface area contributed by atoms with E-state index < -0.39 is 0 Å². The van der Waals surface area contributed by atoms with Crippen molar-refractivity contribution in [1.82, 2.24) is 0 Å². The Balaban J connectivity index is 1.83. The van der Waals surface area contributed by atoms with E-state index in [2.05, 4.69) is 37.2 Å². The minimum absolute atomic E-state index is 0.656. The van der Waals surface area contributed by atoms with Gasteiger partial charge in [-0.3, -0.25) is 0 Å². The third-order valence-electron chi connectivity index (χ3n) is 3.58. The molecule has 2 aliphatic carbocycles. The van der Waals surface area contributed by atoms with Crippen LogP contribution in [-0.4, -0.2) is 6.04 Å². The van der Waals surface area contributed by atoms with Crippen LogP contribution < -0.4 is 5.32 Å². The van der Waals surface area contributed by atoms with Crippen LogP contribution >= 0.6 is 43.5 Å². The summed E-state index contributed by atoms with van der Waals surface area (Å²) in [6.07, 6.45) is 5.54. The van der Waals surface area contributed by atoms with Crippen LogP contribution in [-0.2, 0) is 0 Å². The SMILES string of the molecule is Clc1cc(Br)c(NC(C2CC2)C2CC2)c(Br)c1. The molecule has 0 heterocycles. The third kappa shape index (κ3) is 2.82. The lowest BCUT2D eigenvalue weighted by atomic mass is 10.1. The van der Waals surface area contributed by atoms with Gasteiger partial charge in [-0.1, -0.05) is 11.6 Å². The van der Waals surface area contributed by atoms with Crippen LogP contribution in [0.4, 0.5) is 5.69 Å². The summed E-state index contributed by atoms with van der Waals surface area (Å²) in [5, 5.41) is 4.47. The lowest BCUT2D eigenvalue weighted by Gasteiger charge is -2.21. The van der Waals surface area contributed by atoms with E-state index in [4.69, 9.17) is 11.6 Å². The maximum atomic E-state index is 6.02. The van der Waals surface area contributed by atoms with E-state index in [1.165, 1.54) is 25.7 Å². The molecule has 0 radical (unpaired) electrons. The summed E-state index contributed by atoms with van der Waals surface area (Å²) in [7, 11) is 0. The van der Waals surface area contributed by atoms with Gasteiger partial charge in [-0.15, -0.1) is 0 Å². The molecule has 2 fully saturated rings. The number of halogens is 3. The Labute approximate surface area is 124 Å². The highest BCUT2D eigenvalue weighted by atomic mass is 79.9. The lowest BCUT2D eigenvalue weighted by Crippen LogP contribution is -2.24. The molecule has 1 aromatic carbocycles. The smallest absolute Gasteiger partial charge is 0.0632 e. The van der Waals surface area contributed by atoms with Gasteiger partial charge < -0.3 is 5.32 Å². The normalized spacial score (nSPS) is 19.8. The topological polar surface area (TPSA) is 12.0 Å². The molecular weight excluding hydrogens is 365 g/mol. The molecule has 0 aromatic heterocycles. The van der Waals surface area contributed by atoms with Crippen LogP contribution in [0.5, 0.6) is 0 Å². The van der Waals surface area contributed by atoms with Crippen LogP contribution in [0.1, 0.15) is 25.7 Å². The van der Waals surface area contributed by atoms with Crippen molar-refractivity contribution >= 4 is 49.1 Å². The molecule has 1 aromatic rings. The molecule has 4 heteroatoms. The Bertz CT molecular complexity index is 406. The van der Waals surface area contributed by atoms with Gasteiger partial charge in [0.2, 0.25) is 0 Å². The molecule has 0 spiro atoms. The van der Waals surface area contributed by atoms with Gasteiger partial charge in [-0.05, 0) is 81.5 Å². The average Bonchev–Trinajstić information content (AvgIpc) is 3.12. The zero-order valence-electron chi connectivity index (χ0n) is 9.35. The maximum absolute atomic E-state index is 6.02. The Hall–Kier alpha value is 0.270. The molecule has 17 heavy (non-hydrogen) atoms. The highest BCUT2D eigenvalue weighted by Crippen LogP contribution is 2.47. The molecule has 0 bridgehead atoms. The predicted molar refractivity (Wildman–Crippen MR) is 79.7 cm³/mol. The summed E-state index contributed by atoms with van der Waals surface area (Å²) >= 11 is 13.2. The fraction of sp³-hybridized carbons (Fsp3) is 0.538. The van der Waals surface area contributed by atoms with Crippen molar-refractivity contribution in [2.75, 3.05) is 5.32 Å². The summed E-state index contributed by atoms with van der Waals surface area (Å²) in [6, 6.07) is 4.56. The molecule has 2 aliphatic rings. The monoisotopic (exact) mass is 377 g/mol. The van der Waals surface area contributed by atoms with Gasteiger partial charge in [0.1, 0.15) is 0 Å². The Morgan fingerprint density at radius 1 is 1.06 bits per heavy atom. The first-order valence-corrected chi connectivity index (χ1v) is 8.02. The first-order chi connectivity index (χ1) is 8.15. The largest absolute Gasteiger partial charge is 0.380 e. The highest BCUT2D eigenvalue weighted by Gasteiger charge is 2.41. The Kier molecular flexibility index (Phi) is 3.44. The highest BCUT2D eigenvalue weighted by molar-refractivity contribution is 9.11. The van der Waals surface area contributed by atoms with Crippen molar-refractivity contribution in [3.63, 3.8) is 0 Å². The van der Waals surface area contributed by atoms with E-state index >= 15 is 0 Å². The van der Waals surface area contributed by atoms with Gasteiger partial charge in [0, 0.05) is 20.0 Å². The van der Waals surface area contributed by atoms with E-state index in [1.807, 2.05) is 12.1 Å². The van der Waals surface area contributed by atoms with Crippen molar-refractivity contribution in [3.8, 4) is 0 Å². The number of rotatable bonds is 4. The number of benzene rings is 1. The van der Waals surface area contributed by atoms with Gasteiger partial charge in [0.15, 0.2) is 0 Å². The second kappa shape index (κ2) is 4.75.